The molecular weight excluding hydrogens is 329 g/mol. The number of carbonyl (C=O) groups excluding carboxylic acids is 1. The van der Waals surface area contributed by atoms with Gasteiger partial charge in [0.25, 0.3) is 5.91 Å². The fourth-order valence-electron chi connectivity index (χ4n) is 2.55. The highest BCUT2D eigenvalue weighted by molar-refractivity contribution is 5.96. The van der Waals surface area contributed by atoms with Crippen molar-refractivity contribution in [3.8, 4) is 11.5 Å². The molecule has 7 heteroatoms. The van der Waals surface area contributed by atoms with E-state index in [9.17, 15) is 19.1 Å². The van der Waals surface area contributed by atoms with Crippen LogP contribution in [-0.4, -0.2) is 47.7 Å². The maximum absolute atomic E-state index is 13.2. The zero-order chi connectivity index (χ0) is 17.8. The second-order valence-corrected chi connectivity index (χ2v) is 5.51. The maximum Gasteiger partial charge on any atom is 0.328 e. The Kier molecular flexibility index (Phi) is 4.95. The lowest BCUT2D eigenvalue weighted by Crippen LogP contribution is -2.52. The molecule has 6 nitrogen and oxygen atoms in total. The standard InChI is InChI=1S/C18H16FNO5/c19-13-2-1-3-15(10-13)25-14-6-4-12(5-7-14)17(21)20-8-9-24-11-16(20)18(22)23/h1-7,10,16H,8-9,11H2,(H,22,23). The zero-order valence-corrected chi connectivity index (χ0v) is 13.2. The number of nitrogens with zero attached hydrogens (tertiary/aromatic N) is 1. The number of morpholine rings is 1. The summed E-state index contributed by atoms with van der Waals surface area (Å²) in [5.74, 6) is -1.10. The van der Waals surface area contributed by atoms with E-state index in [-0.39, 0.29) is 19.1 Å². The van der Waals surface area contributed by atoms with Gasteiger partial charge in [0.15, 0.2) is 6.04 Å². The molecule has 2 aromatic carbocycles. The first-order chi connectivity index (χ1) is 12.0. The average molecular weight is 345 g/mol. The first-order valence-electron chi connectivity index (χ1n) is 7.69. The van der Waals surface area contributed by atoms with Crippen LogP contribution in [0.1, 0.15) is 10.4 Å². The van der Waals surface area contributed by atoms with E-state index in [1.807, 2.05) is 0 Å². The van der Waals surface area contributed by atoms with E-state index >= 15 is 0 Å². The van der Waals surface area contributed by atoms with Gasteiger partial charge in [0, 0.05) is 18.2 Å². The molecule has 1 heterocycles. The monoisotopic (exact) mass is 345 g/mol. The second kappa shape index (κ2) is 7.31. The lowest BCUT2D eigenvalue weighted by molar-refractivity contribution is -0.147. The predicted octanol–water partition coefficient (Wildman–Crippen LogP) is 2.54. The first-order valence-corrected chi connectivity index (χ1v) is 7.69. The third-order valence-electron chi connectivity index (χ3n) is 3.81. The molecule has 0 saturated carbocycles. The Hall–Kier alpha value is -2.93. The van der Waals surface area contributed by atoms with Gasteiger partial charge < -0.3 is 19.5 Å². The third kappa shape index (κ3) is 3.95. The molecular formula is C18H16FNO5. The van der Waals surface area contributed by atoms with Gasteiger partial charge in [-0.2, -0.15) is 0 Å². The van der Waals surface area contributed by atoms with Crippen molar-refractivity contribution in [3.05, 3.63) is 59.9 Å². The van der Waals surface area contributed by atoms with Gasteiger partial charge in [-0.05, 0) is 36.4 Å². The molecule has 1 aliphatic rings. The van der Waals surface area contributed by atoms with Gasteiger partial charge in [0.05, 0.1) is 13.2 Å². The molecule has 1 saturated heterocycles. The molecule has 1 amide bonds. The molecule has 2 aromatic rings. The van der Waals surface area contributed by atoms with Crippen molar-refractivity contribution in [3.63, 3.8) is 0 Å². The van der Waals surface area contributed by atoms with Gasteiger partial charge >= 0.3 is 5.97 Å². The molecule has 0 bridgehead atoms. The number of hydrogen-bond donors (Lipinski definition) is 1. The molecule has 1 N–H and O–H groups in total. The topological polar surface area (TPSA) is 76.1 Å². The van der Waals surface area contributed by atoms with Gasteiger partial charge in [0.1, 0.15) is 17.3 Å². The van der Waals surface area contributed by atoms with E-state index in [1.54, 1.807) is 30.3 Å². The highest BCUT2D eigenvalue weighted by Gasteiger charge is 2.33. The minimum absolute atomic E-state index is 0.0260. The van der Waals surface area contributed by atoms with Crippen molar-refractivity contribution in [1.82, 2.24) is 4.90 Å². The summed E-state index contributed by atoms with van der Waals surface area (Å²) in [5, 5.41) is 9.21. The normalized spacial score (nSPS) is 17.2. The summed E-state index contributed by atoms with van der Waals surface area (Å²) in [4.78, 5) is 25.1. The fourth-order valence-corrected chi connectivity index (χ4v) is 2.55. The fraction of sp³-hybridized carbons (Fsp3) is 0.222. The van der Waals surface area contributed by atoms with E-state index in [1.165, 1.54) is 23.1 Å². The van der Waals surface area contributed by atoms with Crippen LogP contribution in [0.4, 0.5) is 4.39 Å². The molecule has 1 fully saturated rings. The SMILES string of the molecule is O=C(O)C1COCCN1C(=O)c1ccc(Oc2cccc(F)c2)cc1. The number of halogens is 1. The Morgan fingerprint density at radius 3 is 2.60 bits per heavy atom. The number of carboxylic acids is 1. The average Bonchev–Trinajstić information content (AvgIpc) is 2.62. The van der Waals surface area contributed by atoms with Gasteiger partial charge in [-0.15, -0.1) is 0 Å². The van der Waals surface area contributed by atoms with Crippen LogP contribution < -0.4 is 4.74 Å². The van der Waals surface area contributed by atoms with Crippen LogP contribution in [0.25, 0.3) is 0 Å². The molecule has 0 spiro atoms. The van der Waals surface area contributed by atoms with E-state index in [0.29, 0.717) is 23.7 Å². The quantitative estimate of drug-likeness (QED) is 0.922. The number of hydrogen-bond acceptors (Lipinski definition) is 4. The predicted molar refractivity (Wildman–Crippen MR) is 86.2 cm³/mol. The summed E-state index contributed by atoms with van der Waals surface area (Å²) in [7, 11) is 0. The molecule has 130 valence electrons. The summed E-state index contributed by atoms with van der Waals surface area (Å²) in [6.45, 7) is 0.496. The summed E-state index contributed by atoms with van der Waals surface area (Å²) in [5.41, 5.74) is 0.347. The van der Waals surface area contributed by atoms with E-state index in [2.05, 4.69) is 0 Å². The first kappa shape index (κ1) is 16.9. The molecule has 25 heavy (non-hydrogen) atoms. The lowest BCUT2D eigenvalue weighted by Gasteiger charge is -2.32. The molecule has 0 radical (unpaired) electrons. The number of carbonyl (C=O) groups is 2. The Morgan fingerprint density at radius 2 is 1.92 bits per heavy atom. The molecule has 0 aromatic heterocycles. The van der Waals surface area contributed by atoms with Gasteiger partial charge in [0.2, 0.25) is 0 Å². The van der Waals surface area contributed by atoms with Crippen molar-refractivity contribution in [2.45, 2.75) is 6.04 Å². The van der Waals surface area contributed by atoms with Gasteiger partial charge in [-0.1, -0.05) is 6.07 Å². The van der Waals surface area contributed by atoms with Crippen LogP contribution >= 0.6 is 0 Å². The number of benzene rings is 2. The summed E-state index contributed by atoms with van der Waals surface area (Å²) >= 11 is 0. The van der Waals surface area contributed by atoms with E-state index in [4.69, 9.17) is 9.47 Å². The lowest BCUT2D eigenvalue weighted by atomic mass is 10.1. The van der Waals surface area contributed by atoms with E-state index in [0.717, 1.165) is 0 Å². The maximum atomic E-state index is 13.2. The van der Waals surface area contributed by atoms with Crippen molar-refractivity contribution >= 4 is 11.9 Å². The van der Waals surface area contributed by atoms with Crippen LogP contribution in [0, 0.1) is 5.82 Å². The van der Waals surface area contributed by atoms with Crippen LogP contribution in [0.3, 0.4) is 0 Å². The largest absolute Gasteiger partial charge is 0.480 e. The summed E-state index contributed by atoms with van der Waals surface area (Å²) in [6, 6.07) is 11.0. The van der Waals surface area contributed by atoms with Gasteiger partial charge in [-0.25, -0.2) is 9.18 Å². The number of amides is 1. The molecule has 3 rings (SSSR count). The number of ether oxygens (including phenoxy) is 2. The molecule has 0 aliphatic carbocycles. The minimum Gasteiger partial charge on any atom is -0.480 e. The van der Waals surface area contributed by atoms with Gasteiger partial charge in [-0.3, -0.25) is 4.79 Å². The Morgan fingerprint density at radius 1 is 1.16 bits per heavy atom. The highest BCUT2D eigenvalue weighted by atomic mass is 19.1. The summed E-state index contributed by atoms with van der Waals surface area (Å²) < 4.78 is 23.8. The van der Waals surface area contributed by atoms with Crippen molar-refractivity contribution in [1.29, 1.82) is 0 Å². The van der Waals surface area contributed by atoms with Crippen LogP contribution in [-0.2, 0) is 9.53 Å². The number of aliphatic carboxylic acids is 1. The second-order valence-electron chi connectivity index (χ2n) is 5.51. The highest BCUT2D eigenvalue weighted by Crippen LogP contribution is 2.23. The smallest absolute Gasteiger partial charge is 0.328 e. The number of rotatable bonds is 4. The Labute approximate surface area is 143 Å². The molecule has 1 aliphatic heterocycles. The van der Waals surface area contributed by atoms with E-state index < -0.39 is 17.8 Å². The van der Waals surface area contributed by atoms with Crippen molar-refractivity contribution in [2.75, 3.05) is 19.8 Å². The zero-order valence-electron chi connectivity index (χ0n) is 13.2. The molecule has 1 unspecified atom stereocenters. The number of carboxylic acid groups (broad SMARTS) is 1. The molecule has 1 atom stereocenters. The van der Waals surface area contributed by atoms with Crippen LogP contribution in [0.5, 0.6) is 11.5 Å². The Balaban J connectivity index is 1.73. The van der Waals surface area contributed by atoms with Crippen LogP contribution in [0.15, 0.2) is 48.5 Å². The Bertz CT molecular complexity index is 777. The minimum atomic E-state index is -1.10. The summed E-state index contributed by atoms with van der Waals surface area (Å²) in [6.07, 6.45) is 0. The van der Waals surface area contributed by atoms with Crippen molar-refractivity contribution < 1.29 is 28.6 Å². The van der Waals surface area contributed by atoms with Crippen LogP contribution in [0.2, 0.25) is 0 Å². The third-order valence-corrected chi connectivity index (χ3v) is 3.81. The van der Waals surface area contributed by atoms with Crippen molar-refractivity contribution in [2.24, 2.45) is 0 Å².